The van der Waals surface area contributed by atoms with E-state index in [2.05, 4.69) is 54.0 Å². The molecule has 0 aliphatic rings. The van der Waals surface area contributed by atoms with Gasteiger partial charge >= 0.3 is 0 Å². The average Bonchev–Trinajstić information content (AvgIpc) is 3.06. The first-order valence-electron chi connectivity index (χ1n) is 9.90. The van der Waals surface area contributed by atoms with E-state index in [1.54, 1.807) is 12.1 Å². The van der Waals surface area contributed by atoms with Gasteiger partial charge in [0.1, 0.15) is 0 Å². The Morgan fingerprint density at radius 1 is 1.00 bits per heavy atom. The predicted octanol–water partition coefficient (Wildman–Crippen LogP) is 4.70. The van der Waals surface area contributed by atoms with E-state index in [1.165, 1.54) is 16.3 Å². The Hall–Kier alpha value is -3.63. The fraction of sp³-hybridized carbons (Fsp3) is 0.115. The molecule has 0 fully saturated rings. The molecule has 5 rings (SSSR count). The van der Waals surface area contributed by atoms with Gasteiger partial charge in [-0.2, -0.15) is 0 Å². The van der Waals surface area contributed by atoms with E-state index >= 15 is 0 Å². The van der Waals surface area contributed by atoms with Crippen molar-refractivity contribution in [3.8, 4) is 0 Å². The normalized spacial score (nSPS) is 11.5. The fourth-order valence-corrected chi connectivity index (χ4v) is 4.26. The topological polar surface area (TPSA) is 68.2 Å². The molecule has 1 heterocycles. The Balaban J connectivity index is 1.75. The summed E-state index contributed by atoms with van der Waals surface area (Å²) < 4.78 is 2.17. The summed E-state index contributed by atoms with van der Waals surface area (Å²) in [7, 11) is 0. The van der Waals surface area contributed by atoms with Crippen molar-refractivity contribution < 1.29 is 9.90 Å². The van der Waals surface area contributed by atoms with Gasteiger partial charge in [0, 0.05) is 22.9 Å². The van der Waals surface area contributed by atoms with Crippen molar-refractivity contribution in [2.24, 2.45) is 5.73 Å². The smallest absolute Gasteiger partial charge is 0.249 e. The van der Waals surface area contributed by atoms with Crippen LogP contribution in [0.3, 0.4) is 0 Å². The standard InChI is InChI=1S/C26H21N2O2/c1-16-5-8-20-12-17(6-9-19(20)11-16)14-28-23-4-2-3-22(26(27)30)25(23)21-10-7-18(15-29)13-24(21)28/h2-9,11-13,29H,14-15H2,1H3,(H2,27,30). The van der Waals surface area contributed by atoms with Gasteiger partial charge in [-0.25, -0.2) is 0 Å². The number of benzene rings is 4. The van der Waals surface area contributed by atoms with Gasteiger partial charge in [0.05, 0.1) is 17.6 Å². The molecule has 5 aromatic rings. The van der Waals surface area contributed by atoms with Gasteiger partial charge in [0.25, 0.3) is 0 Å². The van der Waals surface area contributed by atoms with E-state index in [0.29, 0.717) is 12.1 Å². The maximum absolute atomic E-state index is 12.1. The third-order valence-electron chi connectivity index (χ3n) is 5.70. The van der Waals surface area contributed by atoms with Crippen LogP contribution in [0.2, 0.25) is 0 Å². The molecule has 30 heavy (non-hydrogen) atoms. The number of amides is 1. The van der Waals surface area contributed by atoms with Gasteiger partial charge in [0.2, 0.25) is 5.91 Å². The SMILES string of the molecule is Cc1ccc2cc(Cn3c4cc(CO)c[c]c4c4c(C(N)=O)cccc43)ccc2c1. The number of carbonyl (C=O) groups is 1. The van der Waals surface area contributed by atoms with Crippen LogP contribution < -0.4 is 5.73 Å². The maximum atomic E-state index is 12.1. The van der Waals surface area contributed by atoms with Crippen molar-refractivity contribution in [3.63, 3.8) is 0 Å². The van der Waals surface area contributed by atoms with Gasteiger partial charge in [-0.3, -0.25) is 4.79 Å². The van der Waals surface area contributed by atoms with Crippen LogP contribution in [-0.2, 0) is 13.2 Å². The van der Waals surface area contributed by atoms with Gasteiger partial charge in [0.15, 0.2) is 0 Å². The number of aromatic nitrogens is 1. The Labute approximate surface area is 174 Å². The molecule has 0 saturated heterocycles. The van der Waals surface area contributed by atoms with Crippen molar-refractivity contribution in [1.82, 2.24) is 4.57 Å². The summed E-state index contributed by atoms with van der Waals surface area (Å²) in [6.45, 7) is 2.66. The molecule has 4 heteroatoms. The number of fused-ring (bicyclic) bond motifs is 4. The zero-order valence-corrected chi connectivity index (χ0v) is 16.6. The van der Waals surface area contributed by atoms with E-state index in [-0.39, 0.29) is 6.61 Å². The lowest BCUT2D eigenvalue weighted by atomic mass is 10.0. The second-order valence-electron chi connectivity index (χ2n) is 7.76. The van der Waals surface area contributed by atoms with Crippen LogP contribution in [0.15, 0.2) is 66.7 Å². The molecular weight excluding hydrogens is 372 g/mol. The van der Waals surface area contributed by atoms with Crippen molar-refractivity contribution in [2.45, 2.75) is 20.1 Å². The fourth-order valence-electron chi connectivity index (χ4n) is 4.26. The number of hydrogen-bond acceptors (Lipinski definition) is 2. The minimum Gasteiger partial charge on any atom is -0.392 e. The number of rotatable bonds is 4. The average molecular weight is 393 g/mol. The third-order valence-corrected chi connectivity index (χ3v) is 5.70. The summed E-state index contributed by atoms with van der Waals surface area (Å²) in [4.78, 5) is 12.1. The second kappa shape index (κ2) is 7.01. The monoisotopic (exact) mass is 393 g/mol. The zero-order valence-electron chi connectivity index (χ0n) is 16.6. The summed E-state index contributed by atoms with van der Waals surface area (Å²) in [5, 5.41) is 13.7. The summed E-state index contributed by atoms with van der Waals surface area (Å²) >= 11 is 0. The van der Waals surface area contributed by atoms with Crippen molar-refractivity contribution >= 4 is 38.5 Å². The molecular formula is C26H21N2O2. The summed E-state index contributed by atoms with van der Waals surface area (Å²) in [6, 6.07) is 25.5. The third kappa shape index (κ3) is 2.93. The van der Waals surface area contributed by atoms with Crippen LogP contribution in [0.4, 0.5) is 0 Å². The molecule has 0 aliphatic heterocycles. The first kappa shape index (κ1) is 18.4. The lowest BCUT2D eigenvalue weighted by molar-refractivity contribution is 0.100. The van der Waals surface area contributed by atoms with E-state index in [9.17, 15) is 9.90 Å². The first-order valence-corrected chi connectivity index (χ1v) is 9.90. The van der Waals surface area contributed by atoms with Gasteiger partial charge < -0.3 is 15.4 Å². The number of nitrogens with two attached hydrogens (primary N) is 1. The number of primary amides is 1. The minimum atomic E-state index is -0.458. The molecule has 0 atom stereocenters. The molecule has 0 unspecified atom stereocenters. The number of hydrogen-bond donors (Lipinski definition) is 2. The second-order valence-corrected chi connectivity index (χ2v) is 7.76. The molecule has 4 aromatic carbocycles. The minimum absolute atomic E-state index is 0.0635. The van der Waals surface area contributed by atoms with Crippen molar-refractivity contribution in [2.75, 3.05) is 0 Å². The number of aliphatic hydroxyl groups is 1. The molecule has 1 aromatic heterocycles. The van der Waals surface area contributed by atoms with Gasteiger partial charge in [-0.1, -0.05) is 42.0 Å². The highest BCUT2D eigenvalue weighted by atomic mass is 16.3. The quantitative estimate of drug-likeness (QED) is 0.465. The number of nitrogens with zero attached hydrogens (tertiary/aromatic N) is 1. The first-order chi connectivity index (χ1) is 14.5. The van der Waals surface area contributed by atoms with Crippen LogP contribution >= 0.6 is 0 Å². The zero-order chi connectivity index (χ0) is 20.8. The van der Waals surface area contributed by atoms with Crippen LogP contribution in [-0.4, -0.2) is 15.6 Å². The molecule has 0 bridgehead atoms. The Morgan fingerprint density at radius 2 is 1.80 bits per heavy atom. The number of aliphatic hydroxyl groups excluding tert-OH is 1. The summed E-state index contributed by atoms with van der Waals surface area (Å²) in [5.41, 5.74) is 11.2. The summed E-state index contributed by atoms with van der Waals surface area (Å²) in [5.74, 6) is -0.458. The van der Waals surface area contributed by atoms with E-state index < -0.39 is 5.91 Å². The number of aryl methyl sites for hydroxylation is 1. The number of carbonyl (C=O) groups excluding carboxylic acids is 1. The predicted molar refractivity (Wildman–Crippen MR) is 121 cm³/mol. The summed E-state index contributed by atoms with van der Waals surface area (Å²) in [6.07, 6.45) is 0. The maximum Gasteiger partial charge on any atom is 0.249 e. The van der Waals surface area contributed by atoms with E-state index in [4.69, 9.17) is 5.73 Å². The lowest BCUT2D eigenvalue weighted by Gasteiger charge is -2.10. The van der Waals surface area contributed by atoms with Crippen molar-refractivity contribution in [1.29, 1.82) is 0 Å². The highest BCUT2D eigenvalue weighted by Crippen LogP contribution is 2.33. The highest BCUT2D eigenvalue weighted by Gasteiger charge is 2.17. The van der Waals surface area contributed by atoms with Crippen molar-refractivity contribution in [3.05, 3.63) is 95.1 Å². The highest BCUT2D eigenvalue weighted by molar-refractivity contribution is 6.17. The molecule has 1 amide bonds. The molecule has 0 aliphatic carbocycles. The Bertz CT molecular complexity index is 1450. The molecule has 1 radical (unpaired) electrons. The Morgan fingerprint density at radius 3 is 2.60 bits per heavy atom. The van der Waals surface area contributed by atoms with Gasteiger partial charge in [-0.05, 0) is 65.2 Å². The lowest BCUT2D eigenvalue weighted by Crippen LogP contribution is -2.11. The van der Waals surface area contributed by atoms with Crippen LogP contribution in [0.1, 0.15) is 27.0 Å². The molecule has 147 valence electrons. The largest absolute Gasteiger partial charge is 0.392 e. The van der Waals surface area contributed by atoms with Gasteiger partial charge in [-0.15, -0.1) is 0 Å². The van der Waals surface area contributed by atoms with E-state index in [0.717, 1.165) is 32.9 Å². The van der Waals surface area contributed by atoms with Crippen LogP contribution in [0.5, 0.6) is 0 Å². The molecule has 4 nitrogen and oxygen atoms in total. The molecule has 0 spiro atoms. The molecule has 3 N–H and O–H groups in total. The van der Waals surface area contributed by atoms with Crippen LogP contribution in [0, 0.1) is 13.0 Å². The van der Waals surface area contributed by atoms with Crippen LogP contribution in [0.25, 0.3) is 32.6 Å². The molecule has 0 saturated carbocycles. The van der Waals surface area contributed by atoms with E-state index in [1.807, 2.05) is 18.2 Å². The Kier molecular flexibility index (Phi) is 4.30.